The second-order valence-electron chi connectivity index (χ2n) is 11.6. The summed E-state index contributed by atoms with van der Waals surface area (Å²) < 4.78 is 0. The molecule has 0 bridgehead atoms. The highest BCUT2D eigenvalue weighted by atomic mass is 16.1. The monoisotopic (exact) mass is 512 g/mol. The standard InChI is InChI=1S/C36H48O2/c1-7-10-13-26(6)35(37)15-11-14-28(12-8-2)31-23-34(36(38)24-31)30-19-21-33-29(22-30)18-20-32(33)27(9-3)17-16-25(4)5/h7,9-10,13,16-22,25,28,31-32,34H,8,11-12,14-15,23-24H2,1-6H3. The predicted octanol–water partition coefficient (Wildman–Crippen LogP) is 9.70. The van der Waals surface area contributed by atoms with Crippen molar-refractivity contribution in [3.05, 3.63) is 88.6 Å². The van der Waals surface area contributed by atoms with Gasteiger partial charge < -0.3 is 0 Å². The summed E-state index contributed by atoms with van der Waals surface area (Å²) in [5, 5.41) is 0. The van der Waals surface area contributed by atoms with Crippen LogP contribution in [0.2, 0.25) is 0 Å². The average Bonchev–Trinajstić information content (AvgIpc) is 3.50. The highest BCUT2D eigenvalue weighted by Crippen LogP contribution is 2.44. The lowest BCUT2D eigenvalue weighted by Crippen LogP contribution is -2.13. The molecule has 0 radical (unpaired) electrons. The molecule has 2 nitrogen and oxygen atoms in total. The number of benzene rings is 1. The molecular weight excluding hydrogens is 464 g/mol. The normalized spacial score (nSPS) is 22.8. The lowest BCUT2D eigenvalue weighted by molar-refractivity contribution is -0.119. The smallest absolute Gasteiger partial charge is 0.158 e. The van der Waals surface area contributed by atoms with Crippen molar-refractivity contribution < 1.29 is 9.59 Å². The Balaban J connectivity index is 1.66. The quantitative estimate of drug-likeness (QED) is 0.195. The van der Waals surface area contributed by atoms with Gasteiger partial charge in [0.25, 0.3) is 0 Å². The van der Waals surface area contributed by atoms with Gasteiger partial charge in [0, 0.05) is 24.7 Å². The molecule has 0 aliphatic heterocycles. The van der Waals surface area contributed by atoms with Gasteiger partial charge in [-0.25, -0.2) is 0 Å². The van der Waals surface area contributed by atoms with Gasteiger partial charge in [0.2, 0.25) is 0 Å². The number of fused-ring (bicyclic) bond motifs is 1. The topological polar surface area (TPSA) is 34.1 Å². The molecule has 2 aliphatic carbocycles. The summed E-state index contributed by atoms with van der Waals surface area (Å²) in [4.78, 5) is 25.7. The van der Waals surface area contributed by atoms with Crippen LogP contribution in [0.3, 0.4) is 0 Å². The average molecular weight is 513 g/mol. The Morgan fingerprint density at radius 2 is 1.95 bits per heavy atom. The summed E-state index contributed by atoms with van der Waals surface area (Å²) in [7, 11) is 0. The van der Waals surface area contributed by atoms with Crippen LogP contribution in [0, 0.1) is 17.8 Å². The first-order valence-electron chi connectivity index (χ1n) is 14.8. The van der Waals surface area contributed by atoms with Gasteiger partial charge in [0.1, 0.15) is 5.78 Å². The van der Waals surface area contributed by atoms with Gasteiger partial charge in [-0.3, -0.25) is 9.59 Å². The second-order valence-corrected chi connectivity index (χ2v) is 11.6. The largest absolute Gasteiger partial charge is 0.299 e. The van der Waals surface area contributed by atoms with E-state index < -0.39 is 0 Å². The summed E-state index contributed by atoms with van der Waals surface area (Å²) >= 11 is 0. The van der Waals surface area contributed by atoms with Crippen molar-refractivity contribution in [3.63, 3.8) is 0 Å². The summed E-state index contributed by atoms with van der Waals surface area (Å²) in [6.07, 6.45) is 23.5. The molecule has 0 aromatic heterocycles. The van der Waals surface area contributed by atoms with E-state index in [0.717, 1.165) is 37.7 Å². The van der Waals surface area contributed by atoms with Gasteiger partial charge in [0.05, 0.1) is 0 Å². The van der Waals surface area contributed by atoms with Gasteiger partial charge in [-0.2, -0.15) is 0 Å². The number of rotatable bonds is 13. The van der Waals surface area contributed by atoms with Crippen molar-refractivity contribution in [2.24, 2.45) is 17.8 Å². The van der Waals surface area contributed by atoms with Crippen LogP contribution in [0.5, 0.6) is 0 Å². The molecule has 0 heterocycles. The van der Waals surface area contributed by atoms with Crippen molar-refractivity contribution in [1.29, 1.82) is 0 Å². The number of allylic oxidation sites excluding steroid dienone is 9. The van der Waals surface area contributed by atoms with E-state index in [1.54, 1.807) is 0 Å². The molecule has 0 spiro atoms. The van der Waals surface area contributed by atoms with Crippen LogP contribution in [0.4, 0.5) is 0 Å². The van der Waals surface area contributed by atoms with Gasteiger partial charge >= 0.3 is 0 Å². The molecule has 1 aromatic rings. The van der Waals surface area contributed by atoms with Crippen LogP contribution in [0.15, 0.2) is 71.9 Å². The van der Waals surface area contributed by atoms with E-state index in [2.05, 4.69) is 76.3 Å². The predicted molar refractivity (Wildman–Crippen MR) is 162 cm³/mol. The van der Waals surface area contributed by atoms with Crippen LogP contribution >= 0.6 is 0 Å². The molecule has 204 valence electrons. The lowest BCUT2D eigenvalue weighted by atomic mass is 9.82. The first kappa shape index (κ1) is 29.8. The molecular formula is C36H48O2. The second kappa shape index (κ2) is 14.4. The van der Waals surface area contributed by atoms with E-state index in [9.17, 15) is 9.59 Å². The molecule has 1 saturated carbocycles. The Labute approximate surface area is 231 Å². The number of hydrogen-bond acceptors (Lipinski definition) is 2. The van der Waals surface area contributed by atoms with Gasteiger partial charge in [0.15, 0.2) is 5.78 Å². The minimum Gasteiger partial charge on any atom is -0.299 e. The molecule has 1 aromatic carbocycles. The Bertz CT molecular complexity index is 1120. The molecule has 38 heavy (non-hydrogen) atoms. The fourth-order valence-electron chi connectivity index (χ4n) is 6.16. The maximum absolute atomic E-state index is 13.2. The van der Waals surface area contributed by atoms with Gasteiger partial charge in [-0.05, 0) is 85.6 Å². The zero-order valence-electron chi connectivity index (χ0n) is 24.5. The summed E-state index contributed by atoms with van der Waals surface area (Å²) in [5.74, 6) is 2.40. The molecule has 4 unspecified atom stereocenters. The third kappa shape index (κ3) is 7.65. The van der Waals surface area contributed by atoms with Gasteiger partial charge in [-0.15, -0.1) is 0 Å². The fourth-order valence-corrected chi connectivity index (χ4v) is 6.16. The van der Waals surface area contributed by atoms with Crippen LogP contribution in [-0.2, 0) is 9.59 Å². The molecule has 2 heteroatoms. The van der Waals surface area contributed by atoms with Crippen LogP contribution in [0.25, 0.3) is 6.08 Å². The summed E-state index contributed by atoms with van der Waals surface area (Å²) in [5.41, 5.74) is 5.93. The van der Waals surface area contributed by atoms with Crippen LogP contribution in [-0.4, -0.2) is 11.6 Å². The van der Waals surface area contributed by atoms with Crippen molar-refractivity contribution in [1.82, 2.24) is 0 Å². The van der Waals surface area contributed by atoms with Crippen LogP contribution in [0.1, 0.15) is 115 Å². The van der Waals surface area contributed by atoms with E-state index in [1.165, 1.54) is 22.3 Å². The number of ketones is 2. The van der Waals surface area contributed by atoms with E-state index in [-0.39, 0.29) is 11.7 Å². The zero-order valence-corrected chi connectivity index (χ0v) is 24.5. The highest BCUT2D eigenvalue weighted by Gasteiger charge is 2.37. The van der Waals surface area contributed by atoms with E-state index in [0.29, 0.717) is 42.3 Å². The number of hydrogen-bond donors (Lipinski definition) is 0. The highest BCUT2D eigenvalue weighted by molar-refractivity contribution is 5.95. The molecule has 2 aliphatic rings. The molecule has 4 atom stereocenters. The molecule has 3 rings (SSSR count). The Morgan fingerprint density at radius 3 is 2.63 bits per heavy atom. The Hall–Kier alpha value is -2.74. The van der Waals surface area contributed by atoms with E-state index in [1.807, 2.05) is 32.1 Å². The minimum absolute atomic E-state index is 0.00627. The first-order chi connectivity index (χ1) is 18.3. The zero-order chi connectivity index (χ0) is 27.7. The van der Waals surface area contributed by atoms with E-state index in [4.69, 9.17) is 0 Å². The van der Waals surface area contributed by atoms with Gasteiger partial charge in [-0.1, -0.05) is 100 Å². The molecule has 1 fully saturated rings. The molecule has 0 saturated heterocycles. The van der Waals surface area contributed by atoms with Crippen molar-refractivity contribution >= 4 is 17.6 Å². The Kier molecular flexibility index (Phi) is 11.3. The first-order valence-corrected chi connectivity index (χ1v) is 14.8. The minimum atomic E-state index is 0.00627. The molecule has 0 N–H and O–H groups in total. The van der Waals surface area contributed by atoms with Crippen molar-refractivity contribution in [2.75, 3.05) is 0 Å². The lowest BCUT2D eigenvalue weighted by Gasteiger charge is -2.23. The molecule has 0 amide bonds. The van der Waals surface area contributed by atoms with Crippen molar-refractivity contribution in [2.45, 2.75) is 98.3 Å². The maximum Gasteiger partial charge on any atom is 0.158 e. The summed E-state index contributed by atoms with van der Waals surface area (Å²) in [6.45, 7) is 12.6. The van der Waals surface area contributed by atoms with E-state index >= 15 is 0 Å². The third-order valence-electron chi connectivity index (χ3n) is 8.36. The van der Waals surface area contributed by atoms with Crippen molar-refractivity contribution in [3.8, 4) is 0 Å². The third-order valence-corrected chi connectivity index (χ3v) is 8.36. The Morgan fingerprint density at radius 1 is 1.16 bits per heavy atom. The van der Waals surface area contributed by atoms with Crippen LogP contribution < -0.4 is 0 Å². The fraction of sp³-hybridized carbons (Fsp3) is 0.500. The number of carbonyl (C=O) groups is 2. The number of carbonyl (C=O) groups excluding carboxylic acids is 2. The number of Topliss-reactive ketones (excluding diaryl/α,β-unsaturated/α-hetero) is 2. The maximum atomic E-state index is 13.2. The summed E-state index contributed by atoms with van der Waals surface area (Å²) in [6, 6.07) is 6.72. The SMILES string of the molecule is CC=CC=C(C)C(=O)CCCC(CCC)C1CC(=O)C(c2ccc3c(c2)C=CC3C(C=CC(C)C)=CC)C1.